The molecule has 3 rings (SSSR count). The molecule has 0 radical (unpaired) electrons. The number of rotatable bonds is 6. The molecule has 2 N–H and O–H groups in total. The molecular weight excluding hydrogens is 338 g/mol. The van der Waals surface area contributed by atoms with Crippen molar-refractivity contribution in [3.8, 4) is 0 Å². The van der Waals surface area contributed by atoms with Crippen molar-refractivity contribution >= 4 is 34.1 Å². The van der Waals surface area contributed by atoms with Crippen molar-refractivity contribution in [1.82, 2.24) is 9.97 Å². The lowest BCUT2D eigenvalue weighted by molar-refractivity contribution is -0.384. The second-order valence-corrected chi connectivity index (χ2v) is 5.20. The van der Waals surface area contributed by atoms with Crippen molar-refractivity contribution in [1.29, 1.82) is 0 Å². The van der Waals surface area contributed by atoms with E-state index in [1.807, 2.05) is 24.3 Å². The lowest BCUT2D eigenvalue weighted by atomic mass is 10.3. The van der Waals surface area contributed by atoms with Crippen LogP contribution in [0.3, 0.4) is 0 Å². The maximum atomic E-state index is 12.2. The Morgan fingerprint density at radius 1 is 1.27 bits per heavy atom. The number of nitro benzene ring substituents is 1. The number of nitrogens with zero attached hydrogens (tertiary/aromatic N) is 3. The number of carbonyl (C=O) groups is 1. The van der Waals surface area contributed by atoms with Gasteiger partial charge in [0.2, 0.25) is 5.71 Å². The van der Waals surface area contributed by atoms with Crippen LogP contribution in [0.5, 0.6) is 0 Å². The molecule has 3 aromatic rings. The number of hydrazone groups is 1. The third-order valence-corrected chi connectivity index (χ3v) is 3.46. The number of fused-ring (bicyclic) bond motifs is 1. The van der Waals surface area contributed by atoms with Gasteiger partial charge in [-0.25, -0.2) is 9.78 Å². The van der Waals surface area contributed by atoms with E-state index >= 15 is 0 Å². The number of aromatic amines is 1. The Hall–Kier alpha value is -3.75. The summed E-state index contributed by atoms with van der Waals surface area (Å²) in [4.78, 5) is 29.8. The van der Waals surface area contributed by atoms with Gasteiger partial charge in [0.05, 0.1) is 28.3 Å². The van der Waals surface area contributed by atoms with Gasteiger partial charge in [-0.2, -0.15) is 5.10 Å². The summed E-state index contributed by atoms with van der Waals surface area (Å²) in [6.45, 7) is 1.88. The molecule has 132 valence electrons. The van der Waals surface area contributed by atoms with Crippen molar-refractivity contribution in [3.63, 3.8) is 0 Å². The first kappa shape index (κ1) is 17.1. The summed E-state index contributed by atoms with van der Waals surface area (Å²) in [5, 5.41) is 14.8. The minimum absolute atomic E-state index is 0.0265. The highest BCUT2D eigenvalue weighted by molar-refractivity contribution is 6.42. The van der Waals surface area contributed by atoms with E-state index < -0.39 is 10.9 Å². The predicted molar refractivity (Wildman–Crippen MR) is 96.0 cm³/mol. The smallest absolute Gasteiger partial charge is 0.362 e. The van der Waals surface area contributed by atoms with Crippen LogP contribution in [0, 0.1) is 10.1 Å². The van der Waals surface area contributed by atoms with Gasteiger partial charge in [0, 0.05) is 12.1 Å². The Morgan fingerprint density at radius 3 is 2.65 bits per heavy atom. The molecule has 0 aliphatic rings. The Labute approximate surface area is 147 Å². The van der Waals surface area contributed by atoms with Crippen molar-refractivity contribution in [2.45, 2.75) is 6.92 Å². The topological polar surface area (TPSA) is 123 Å². The Morgan fingerprint density at radius 2 is 2.00 bits per heavy atom. The summed E-state index contributed by atoms with van der Waals surface area (Å²) < 4.78 is 5.03. The van der Waals surface area contributed by atoms with Gasteiger partial charge in [0.1, 0.15) is 0 Å². The molecule has 1 heterocycles. The molecule has 26 heavy (non-hydrogen) atoms. The largest absolute Gasteiger partial charge is 0.461 e. The number of carbonyl (C=O) groups excluding carboxylic acids is 1. The van der Waals surface area contributed by atoms with Crippen LogP contribution in [0.25, 0.3) is 11.0 Å². The molecule has 0 unspecified atom stereocenters. The second-order valence-electron chi connectivity index (χ2n) is 5.20. The van der Waals surface area contributed by atoms with Crippen LogP contribution < -0.4 is 5.43 Å². The van der Waals surface area contributed by atoms with E-state index in [0.717, 1.165) is 5.52 Å². The molecule has 0 atom stereocenters. The van der Waals surface area contributed by atoms with Crippen LogP contribution in [0.2, 0.25) is 0 Å². The zero-order chi connectivity index (χ0) is 18.5. The molecule has 0 amide bonds. The molecule has 0 fully saturated rings. The quantitative estimate of drug-likeness (QED) is 0.304. The van der Waals surface area contributed by atoms with Crippen LogP contribution in [0.15, 0.2) is 53.6 Å². The number of esters is 1. The molecule has 0 aliphatic carbocycles. The van der Waals surface area contributed by atoms with Gasteiger partial charge in [-0.3, -0.25) is 15.5 Å². The van der Waals surface area contributed by atoms with Crippen molar-refractivity contribution in [2.75, 3.05) is 12.0 Å². The number of nitrogens with one attached hydrogen (secondary N) is 2. The fraction of sp³-hybridized carbons (Fsp3) is 0.118. The van der Waals surface area contributed by atoms with E-state index in [9.17, 15) is 14.9 Å². The maximum absolute atomic E-state index is 12.2. The number of aromatic nitrogens is 2. The van der Waals surface area contributed by atoms with Gasteiger partial charge in [-0.15, -0.1) is 0 Å². The Balaban J connectivity index is 1.91. The number of benzene rings is 2. The molecule has 1 aromatic heterocycles. The first-order valence-electron chi connectivity index (χ1n) is 7.79. The van der Waals surface area contributed by atoms with Gasteiger partial charge in [0.15, 0.2) is 5.82 Å². The van der Waals surface area contributed by atoms with E-state index in [0.29, 0.717) is 11.2 Å². The Bertz CT molecular complexity index is 945. The number of para-hydroxylation sites is 2. The number of anilines is 1. The summed E-state index contributed by atoms with van der Waals surface area (Å²) in [6, 6.07) is 13.0. The first-order chi connectivity index (χ1) is 12.6. The van der Waals surface area contributed by atoms with Crippen molar-refractivity contribution in [2.24, 2.45) is 5.10 Å². The highest BCUT2D eigenvalue weighted by Gasteiger charge is 2.20. The number of hydrogen-bond donors (Lipinski definition) is 2. The highest BCUT2D eigenvalue weighted by atomic mass is 16.6. The van der Waals surface area contributed by atoms with E-state index in [1.165, 1.54) is 24.3 Å². The number of H-pyrrole nitrogens is 1. The zero-order valence-corrected chi connectivity index (χ0v) is 13.8. The standard InChI is InChI=1S/C17H15N5O4/c1-2-26-17(23)15(16-18-13-5-3-4-6-14(13)19-16)21-20-11-7-9-12(10-8-11)22(24)25/h3-10,20H,2H2,1H3,(H,18,19)/b21-15+. The molecular formula is C17H15N5O4. The van der Waals surface area contributed by atoms with E-state index in [-0.39, 0.29) is 23.8 Å². The normalized spacial score (nSPS) is 11.3. The maximum Gasteiger partial charge on any atom is 0.362 e. The molecule has 9 nitrogen and oxygen atoms in total. The summed E-state index contributed by atoms with van der Waals surface area (Å²) in [7, 11) is 0. The van der Waals surface area contributed by atoms with E-state index in [4.69, 9.17) is 4.74 Å². The van der Waals surface area contributed by atoms with E-state index in [1.54, 1.807) is 6.92 Å². The summed E-state index contributed by atoms with van der Waals surface area (Å²) in [6.07, 6.45) is 0. The summed E-state index contributed by atoms with van der Waals surface area (Å²) >= 11 is 0. The third kappa shape index (κ3) is 3.66. The van der Waals surface area contributed by atoms with Gasteiger partial charge < -0.3 is 9.72 Å². The number of imidazole rings is 1. The molecule has 0 saturated heterocycles. The van der Waals surface area contributed by atoms with Crippen LogP contribution in [0.1, 0.15) is 12.7 Å². The molecule has 0 aliphatic heterocycles. The van der Waals surface area contributed by atoms with Crippen molar-refractivity contribution < 1.29 is 14.5 Å². The molecule has 0 saturated carbocycles. The first-order valence-corrected chi connectivity index (χ1v) is 7.79. The highest BCUT2D eigenvalue weighted by Crippen LogP contribution is 2.16. The zero-order valence-electron chi connectivity index (χ0n) is 13.8. The van der Waals surface area contributed by atoms with Crippen LogP contribution in [0.4, 0.5) is 11.4 Å². The monoisotopic (exact) mass is 353 g/mol. The summed E-state index contributed by atoms with van der Waals surface area (Å²) in [5.74, 6) is -0.375. The van der Waals surface area contributed by atoms with E-state index in [2.05, 4.69) is 20.5 Å². The lowest BCUT2D eigenvalue weighted by Gasteiger charge is -2.05. The molecule has 2 aromatic carbocycles. The molecule has 0 spiro atoms. The minimum Gasteiger partial charge on any atom is -0.461 e. The molecule has 9 heteroatoms. The Kier molecular flexibility index (Phi) is 4.88. The number of hydrogen-bond acceptors (Lipinski definition) is 7. The van der Waals surface area contributed by atoms with Gasteiger partial charge in [0.25, 0.3) is 5.69 Å². The predicted octanol–water partition coefficient (Wildman–Crippen LogP) is 2.85. The average Bonchev–Trinajstić information content (AvgIpc) is 3.06. The minimum atomic E-state index is -0.638. The second kappa shape index (κ2) is 7.43. The fourth-order valence-electron chi connectivity index (χ4n) is 2.24. The lowest BCUT2D eigenvalue weighted by Crippen LogP contribution is -2.21. The molecule has 0 bridgehead atoms. The third-order valence-electron chi connectivity index (χ3n) is 3.46. The number of nitro groups is 1. The van der Waals surface area contributed by atoms with Gasteiger partial charge in [-0.05, 0) is 31.2 Å². The van der Waals surface area contributed by atoms with Crippen LogP contribution in [-0.4, -0.2) is 33.2 Å². The van der Waals surface area contributed by atoms with Crippen molar-refractivity contribution in [3.05, 3.63) is 64.5 Å². The summed E-state index contributed by atoms with van der Waals surface area (Å²) in [5.41, 5.74) is 4.56. The van der Waals surface area contributed by atoms with Crippen LogP contribution >= 0.6 is 0 Å². The van der Waals surface area contributed by atoms with Crippen LogP contribution in [-0.2, 0) is 9.53 Å². The van der Waals surface area contributed by atoms with Gasteiger partial charge >= 0.3 is 5.97 Å². The van der Waals surface area contributed by atoms with Gasteiger partial charge in [-0.1, -0.05) is 12.1 Å². The average molecular weight is 353 g/mol. The number of non-ortho nitro benzene ring substituents is 1. The number of ether oxygens (including phenoxy) is 1. The fourth-order valence-corrected chi connectivity index (χ4v) is 2.24. The SMILES string of the molecule is CCOC(=O)/C(=N/Nc1ccc([N+](=O)[O-])cc1)c1nc2ccccc2[nH]1.